The van der Waals surface area contributed by atoms with Gasteiger partial charge in [0.05, 0.1) is 0 Å². The van der Waals surface area contributed by atoms with Gasteiger partial charge in [-0.1, -0.05) is 19.9 Å². The van der Waals surface area contributed by atoms with Gasteiger partial charge in [-0.25, -0.2) is 4.39 Å². The molecule has 5 heteroatoms. The maximum Gasteiger partial charge on any atom is 0.255 e. The highest BCUT2D eigenvalue weighted by Crippen LogP contribution is 2.33. The van der Waals surface area contributed by atoms with E-state index in [1.54, 1.807) is 0 Å². The fourth-order valence-electron chi connectivity index (χ4n) is 3.26. The molecule has 0 spiro atoms. The van der Waals surface area contributed by atoms with E-state index in [0.29, 0.717) is 30.1 Å². The monoisotopic (exact) mass is 354 g/mol. The lowest BCUT2D eigenvalue weighted by molar-refractivity contribution is -0.119. The van der Waals surface area contributed by atoms with Gasteiger partial charge in [0.1, 0.15) is 5.82 Å². The van der Waals surface area contributed by atoms with Crippen LogP contribution in [0.15, 0.2) is 42.5 Å². The van der Waals surface area contributed by atoms with E-state index in [9.17, 15) is 14.0 Å². The molecular formula is C21H23FN2O2. The standard InChI is InChI=1S/C21H23FN2O2/c1-14(2)13-20(25)24-12-4-5-17-18(6-3-7-19(17)24)23-21(26)15-8-10-16(22)11-9-15/h3,6-11,14H,4-5,12-13H2,1-2H3,(H,23,26). The Bertz CT molecular complexity index is 815. The van der Waals surface area contributed by atoms with Gasteiger partial charge in [0.25, 0.3) is 5.91 Å². The molecule has 2 aromatic carbocycles. The number of hydrogen-bond acceptors (Lipinski definition) is 2. The van der Waals surface area contributed by atoms with E-state index in [0.717, 1.165) is 24.1 Å². The van der Waals surface area contributed by atoms with E-state index in [-0.39, 0.29) is 17.6 Å². The second kappa shape index (κ2) is 7.68. The van der Waals surface area contributed by atoms with Crippen molar-refractivity contribution in [3.63, 3.8) is 0 Å². The van der Waals surface area contributed by atoms with Crippen LogP contribution in [-0.2, 0) is 11.2 Å². The highest BCUT2D eigenvalue weighted by molar-refractivity contribution is 6.05. The molecule has 0 atom stereocenters. The minimum absolute atomic E-state index is 0.114. The summed E-state index contributed by atoms with van der Waals surface area (Å²) in [5.41, 5.74) is 2.96. The van der Waals surface area contributed by atoms with Gasteiger partial charge in [-0.2, -0.15) is 0 Å². The molecular weight excluding hydrogens is 331 g/mol. The van der Waals surface area contributed by atoms with Gasteiger partial charge in [0.15, 0.2) is 0 Å². The molecule has 1 aliphatic rings. The molecule has 4 nitrogen and oxygen atoms in total. The Morgan fingerprint density at radius 1 is 1.15 bits per heavy atom. The van der Waals surface area contributed by atoms with E-state index in [4.69, 9.17) is 0 Å². The first-order chi connectivity index (χ1) is 12.5. The van der Waals surface area contributed by atoms with E-state index >= 15 is 0 Å². The molecule has 3 rings (SSSR count). The topological polar surface area (TPSA) is 49.4 Å². The van der Waals surface area contributed by atoms with Crippen LogP contribution in [0.2, 0.25) is 0 Å². The number of rotatable bonds is 4. The number of halogens is 1. The molecule has 0 unspecified atom stereocenters. The Morgan fingerprint density at radius 3 is 2.58 bits per heavy atom. The summed E-state index contributed by atoms with van der Waals surface area (Å²) in [6, 6.07) is 11.1. The van der Waals surface area contributed by atoms with E-state index in [1.165, 1.54) is 24.3 Å². The first-order valence-corrected chi connectivity index (χ1v) is 8.95. The summed E-state index contributed by atoms with van der Waals surface area (Å²) in [4.78, 5) is 26.8. The summed E-state index contributed by atoms with van der Waals surface area (Å²) in [6.07, 6.45) is 2.17. The molecule has 1 heterocycles. The molecule has 0 radical (unpaired) electrons. The fraction of sp³-hybridized carbons (Fsp3) is 0.333. The minimum Gasteiger partial charge on any atom is -0.322 e. The number of amides is 2. The average molecular weight is 354 g/mol. The predicted molar refractivity (Wildman–Crippen MR) is 101 cm³/mol. The fourth-order valence-corrected chi connectivity index (χ4v) is 3.26. The van der Waals surface area contributed by atoms with Crippen LogP contribution in [0.25, 0.3) is 0 Å². The lowest BCUT2D eigenvalue weighted by Crippen LogP contribution is -2.36. The molecule has 136 valence electrons. The number of fused-ring (bicyclic) bond motifs is 1. The van der Waals surface area contributed by atoms with Gasteiger partial charge < -0.3 is 10.2 Å². The first kappa shape index (κ1) is 18.1. The van der Waals surface area contributed by atoms with Gasteiger partial charge in [0, 0.05) is 29.9 Å². The third kappa shape index (κ3) is 3.93. The largest absolute Gasteiger partial charge is 0.322 e. The predicted octanol–water partition coefficient (Wildman–Crippen LogP) is 4.40. The summed E-state index contributed by atoms with van der Waals surface area (Å²) in [5.74, 6) is -0.251. The van der Waals surface area contributed by atoms with Crippen LogP contribution in [0.5, 0.6) is 0 Å². The zero-order chi connectivity index (χ0) is 18.7. The van der Waals surface area contributed by atoms with Crippen LogP contribution in [-0.4, -0.2) is 18.4 Å². The maximum atomic E-state index is 13.0. The molecule has 1 N–H and O–H groups in total. The van der Waals surface area contributed by atoms with Crippen molar-refractivity contribution in [3.8, 4) is 0 Å². The van der Waals surface area contributed by atoms with Gasteiger partial charge in [-0.15, -0.1) is 0 Å². The third-order valence-corrected chi connectivity index (χ3v) is 4.49. The summed E-state index contributed by atoms with van der Waals surface area (Å²) in [5, 5.41) is 2.91. The average Bonchev–Trinajstić information content (AvgIpc) is 2.61. The number of carbonyl (C=O) groups is 2. The number of benzene rings is 2. The molecule has 0 aromatic heterocycles. The number of carbonyl (C=O) groups excluding carboxylic acids is 2. The highest BCUT2D eigenvalue weighted by Gasteiger charge is 2.25. The smallest absolute Gasteiger partial charge is 0.255 e. The lowest BCUT2D eigenvalue weighted by atomic mass is 9.98. The van der Waals surface area contributed by atoms with Crippen molar-refractivity contribution in [3.05, 3.63) is 59.4 Å². The SMILES string of the molecule is CC(C)CC(=O)N1CCCc2c(NC(=O)c3ccc(F)cc3)cccc21. The molecule has 0 bridgehead atoms. The van der Waals surface area contributed by atoms with E-state index in [1.807, 2.05) is 36.9 Å². The van der Waals surface area contributed by atoms with Gasteiger partial charge in [-0.3, -0.25) is 9.59 Å². The van der Waals surface area contributed by atoms with Crippen molar-refractivity contribution in [1.82, 2.24) is 0 Å². The Hall–Kier alpha value is -2.69. The zero-order valence-electron chi connectivity index (χ0n) is 15.1. The normalized spacial score (nSPS) is 13.5. The second-order valence-corrected chi connectivity index (χ2v) is 7.01. The zero-order valence-corrected chi connectivity index (χ0v) is 15.1. The highest BCUT2D eigenvalue weighted by atomic mass is 19.1. The molecule has 0 saturated heterocycles. The Balaban J connectivity index is 1.85. The lowest BCUT2D eigenvalue weighted by Gasteiger charge is -2.31. The summed E-state index contributed by atoms with van der Waals surface area (Å²) in [6.45, 7) is 4.76. The molecule has 0 saturated carbocycles. The van der Waals surface area contributed by atoms with Crippen molar-refractivity contribution < 1.29 is 14.0 Å². The van der Waals surface area contributed by atoms with Crippen LogP contribution in [0, 0.1) is 11.7 Å². The molecule has 2 amide bonds. The van der Waals surface area contributed by atoms with Crippen molar-refractivity contribution in [2.75, 3.05) is 16.8 Å². The maximum absolute atomic E-state index is 13.0. The molecule has 2 aromatic rings. The third-order valence-electron chi connectivity index (χ3n) is 4.49. The van der Waals surface area contributed by atoms with Gasteiger partial charge in [0.2, 0.25) is 5.91 Å². The van der Waals surface area contributed by atoms with Crippen molar-refractivity contribution in [1.29, 1.82) is 0 Å². The summed E-state index contributed by atoms with van der Waals surface area (Å²) >= 11 is 0. The minimum atomic E-state index is -0.377. The first-order valence-electron chi connectivity index (χ1n) is 8.95. The quantitative estimate of drug-likeness (QED) is 0.884. The molecule has 26 heavy (non-hydrogen) atoms. The van der Waals surface area contributed by atoms with Gasteiger partial charge >= 0.3 is 0 Å². The van der Waals surface area contributed by atoms with E-state index < -0.39 is 0 Å². The van der Waals surface area contributed by atoms with E-state index in [2.05, 4.69) is 5.32 Å². The van der Waals surface area contributed by atoms with Crippen molar-refractivity contribution >= 4 is 23.2 Å². The molecule has 1 aliphatic heterocycles. The number of anilines is 2. The van der Waals surface area contributed by atoms with Crippen LogP contribution in [0.4, 0.5) is 15.8 Å². The van der Waals surface area contributed by atoms with Crippen LogP contribution >= 0.6 is 0 Å². The Kier molecular flexibility index (Phi) is 5.35. The Labute approximate surface area is 153 Å². The summed E-state index contributed by atoms with van der Waals surface area (Å²) < 4.78 is 13.0. The summed E-state index contributed by atoms with van der Waals surface area (Å²) in [7, 11) is 0. The number of hydrogen-bond donors (Lipinski definition) is 1. The molecule has 0 aliphatic carbocycles. The molecule has 0 fully saturated rings. The number of nitrogens with zero attached hydrogens (tertiary/aromatic N) is 1. The number of nitrogens with one attached hydrogen (secondary N) is 1. The second-order valence-electron chi connectivity index (χ2n) is 7.01. The van der Waals surface area contributed by atoms with Gasteiger partial charge in [-0.05, 0) is 60.7 Å². The van der Waals surface area contributed by atoms with Crippen LogP contribution in [0.1, 0.15) is 42.6 Å². The van der Waals surface area contributed by atoms with Crippen molar-refractivity contribution in [2.24, 2.45) is 5.92 Å². The Morgan fingerprint density at radius 2 is 1.88 bits per heavy atom. The van der Waals surface area contributed by atoms with Crippen LogP contribution in [0.3, 0.4) is 0 Å². The van der Waals surface area contributed by atoms with Crippen molar-refractivity contribution in [2.45, 2.75) is 33.1 Å². The van der Waals surface area contributed by atoms with Crippen LogP contribution < -0.4 is 10.2 Å².